The average Bonchev–Trinajstić information content (AvgIpc) is 3.14. The van der Waals surface area contributed by atoms with Crippen molar-refractivity contribution in [3.05, 3.63) is 55.7 Å². The molecule has 0 saturated carbocycles. The summed E-state index contributed by atoms with van der Waals surface area (Å²) in [6.07, 6.45) is 3.04. The molecule has 8 nitrogen and oxygen atoms in total. The average molecular weight is 400 g/mol. The molecule has 0 atom stereocenters. The first-order valence-corrected chi connectivity index (χ1v) is 9.88. The molecule has 0 radical (unpaired) electrons. The van der Waals surface area contributed by atoms with Gasteiger partial charge in [0, 0.05) is 25.8 Å². The largest absolute Gasteiger partial charge is 0.383 e. The zero-order chi connectivity index (χ0) is 21.1. The maximum absolute atomic E-state index is 13.3. The van der Waals surface area contributed by atoms with Crippen LogP contribution < -0.4 is 21.9 Å². The number of nitrogens with two attached hydrogens (primary N) is 1. The number of H-pyrrole nitrogens is 1. The van der Waals surface area contributed by atoms with Crippen LogP contribution in [0.5, 0.6) is 0 Å². The maximum atomic E-state index is 13.3. The molecule has 1 aliphatic rings. The van der Waals surface area contributed by atoms with E-state index in [1.165, 1.54) is 22.1 Å². The number of carbonyl (C=O) groups is 1. The molecule has 0 fully saturated rings. The topological polar surface area (TPSA) is 110 Å². The molecule has 2 aromatic rings. The van der Waals surface area contributed by atoms with Gasteiger partial charge >= 0.3 is 5.69 Å². The zero-order valence-electron chi connectivity index (χ0n) is 17.2. The van der Waals surface area contributed by atoms with Crippen LogP contribution in [0.15, 0.2) is 27.8 Å². The lowest BCUT2D eigenvalue weighted by atomic mass is 10.1. The van der Waals surface area contributed by atoms with Crippen LogP contribution in [0.3, 0.4) is 0 Å². The van der Waals surface area contributed by atoms with Gasteiger partial charge in [-0.15, -0.1) is 0 Å². The van der Waals surface area contributed by atoms with E-state index in [0.29, 0.717) is 12.1 Å². The van der Waals surface area contributed by atoms with E-state index in [-0.39, 0.29) is 36.5 Å². The summed E-state index contributed by atoms with van der Waals surface area (Å²) in [5, 5.41) is 0. The first-order chi connectivity index (χ1) is 13.8. The molecule has 0 unspecified atom stereocenters. The Morgan fingerprint density at radius 1 is 1.28 bits per heavy atom. The van der Waals surface area contributed by atoms with Crippen molar-refractivity contribution in [2.24, 2.45) is 5.92 Å². The Hall–Kier alpha value is -2.87. The SMILES string of the molecule is COCCN(C(=O)c1ccc2c(c1)CCC2)c1c(N)n(CC(C)C)c(=O)[nH]c1=O. The highest BCUT2D eigenvalue weighted by atomic mass is 16.5. The van der Waals surface area contributed by atoms with E-state index in [2.05, 4.69) is 4.98 Å². The van der Waals surface area contributed by atoms with Gasteiger partial charge in [-0.2, -0.15) is 0 Å². The van der Waals surface area contributed by atoms with Crippen LogP contribution in [0.2, 0.25) is 0 Å². The van der Waals surface area contributed by atoms with E-state index >= 15 is 0 Å². The number of benzene rings is 1. The minimum Gasteiger partial charge on any atom is -0.383 e. The summed E-state index contributed by atoms with van der Waals surface area (Å²) >= 11 is 0. The molecule has 1 aromatic heterocycles. The second kappa shape index (κ2) is 8.65. The predicted molar refractivity (Wildman–Crippen MR) is 113 cm³/mol. The fraction of sp³-hybridized carbons (Fsp3) is 0.476. The van der Waals surface area contributed by atoms with Crippen molar-refractivity contribution in [2.75, 3.05) is 30.9 Å². The molecule has 8 heteroatoms. The second-order valence-electron chi connectivity index (χ2n) is 7.78. The molecule has 0 spiro atoms. The van der Waals surface area contributed by atoms with Gasteiger partial charge in [-0.25, -0.2) is 4.79 Å². The number of nitrogen functional groups attached to an aromatic ring is 1. The molecule has 1 aliphatic carbocycles. The van der Waals surface area contributed by atoms with Crippen molar-refractivity contribution in [1.82, 2.24) is 9.55 Å². The molecule has 0 bridgehead atoms. The highest BCUT2D eigenvalue weighted by Gasteiger charge is 2.26. The van der Waals surface area contributed by atoms with Crippen molar-refractivity contribution in [1.29, 1.82) is 0 Å². The van der Waals surface area contributed by atoms with E-state index in [0.717, 1.165) is 24.8 Å². The van der Waals surface area contributed by atoms with Crippen LogP contribution >= 0.6 is 0 Å². The van der Waals surface area contributed by atoms with Gasteiger partial charge in [-0.05, 0) is 48.4 Å². The molecular weight excluding hydrogens is 372 g/mol. The third-order valence-corrected chi connectivity index (χ3v) is 5.14. The summed E-state index contributed by atoms with van der Waals surface area (Å²) in [7, 11) is 1.52. The Bertz CT molecular complexity index is 1020. The van der Waals surface area contributed by atoms with E-state index in [1.54, 1.807) is 6.07 Å². The Labute approximate surface area is 169 Å². The lowest BCUT2D eigenvalue weighted by Gasteiger charge is -2.25. The fourth-order valence-electron chi connectivity index (χ4n) is 3.74. The number of hydrogen-bond acceptors (Lipinski definition) is 5. The summed E-state index contributed by atoms with van der Waals surface area (Å²) in [5.41, 5.74) is 7.84. The molecule has 156 valence electrons. The summed E-state index contributed by atoms with van der Waals surface area (Å²) in [6, 6.07) is 5.64. The molecule has 29 heavy (non-hydrogen) atoms. The van der Waals surface area contributed by atoms with Crippen molar-refractivity contribution < 1.29 is 9.53 Å². The van der Waals surface area contributed by atoms with Crippen LogP contribution in [0.1, 0.15) is 41.8 Å². The number of methoxy groups -OCH3 is 1. The Kier molecular flexibility index (Phi) is 6.22. The smallest absolute Gasteiger partial charge is 0.330 e. The standard InChI is InChI=1S/C21H28N4O4/c1-13(2)12-25-18(22)17(19(26)23-21(25)28)24(9-10-29-3)20(27)16-8-7-14-5-4-6-15(14)11-16/h7-8,11,13H,4-6,9-10,12,22H2,1-3H3,(H,23,26,28). The molecule has 0 saturated heterocycles. The van der Waals surface area contributed by atoms with Crippen molar-refractivity contribution >= 4 is 17.4 Å². The minimum atomic E-state index is -0.682. The first kappa shape index (κ1) is 20.9. The molecule has 0 aliphatic heterocycles. The number of nitrogens with zero attached hydrogens (tertiary/aromatic N) is 2. The zero-order valence-corrected chi connectivity index (χ0v) is 17.2. The number of carbonyl (C=O) groups excluding carboxylic acids is 1. The van der Waals surface area contributed by atoms with Gasteiger partial charge in [-0.3, -0.25) is 24.0 Å². The van der Waals surface area contributed by atoms with Gasteiger partial charge in [-0.1, -0.05) is 19.9 Å². The van der Waals surface area contributed by atoms with Crippen molar-refractivity contribution in [3.8, 4) is 0 Å². The summed E-state index contributed by atoms with van der Waals surface area (Å²) in [6.45, 7) is 4.57. The van der Waals surface area contributed by atoms with Crippen LogP contribution in [-0.2, 0) is 24.1 Å². The van der Waals surface area contributed by atoms with Gasteiger partial charge in [0.05, 0.1) is 6.61 Å². The number of rotatable bonds is 7. The number of aromatic nitrogens is 2. The number of nitrogens with one attached hydrogen (secondary N) is 1. The fourth-order valence-corrected chi connectivity index (χ4v) is 3.74. The molecule has 1 amide bonds. The maximum Gasteiger partial charge on any atom is 0.330 e. The number of fused-ring (bicyclic) bond motifs is 1. The number of hydrogen-bond donors (Lipinski definition) is 2. The van der Waals surface area contributed by atoms with Gasteiger partial charge in [0.1, 0.15) is 5.82 Å². The van der Waals surface area contributed by atoms with E-state index in [1.807, 2.05) is 26.0 Å². The molecule has 1 aromatic carbocycles. The van der Waals surface area contributed by atoms with Gasteiger partial charge in [0.15, 0.2) is 5.69 Å². The Morgan fingerprint density at radius 3 is 2.69 bits per heavy atom. The van der Waals surface area contributed by atoms with Gasteiger partial charge in [0.2, 0.25) is 0 Å². The second-order valence-corrected chi connectivity index (χ2v) is 7.78. The van der Waals surface area contributed by atoms with Gasteiger partial charge < -0.3 is 10.5 Å². The van der Waals surface area contributed by atoms with Crippen LogP contribution in [0, 0.1) is 5.92 Å². The third kappa shape index (κ3) is 4.27. The van der Waals surface area contributed by atoms with Gasteiger partial charge in [0.25, 0.3) is 11.5 Å². The van der Waals surface area contributed by atoms with Crippen LogP contribution in [0.25, 0.3) is 0 Å². The quantitative estimate of drug-likeness (QED) is 0.733. The lowest BCUT2D eigenvalue weighted by molar-refractivity contribution is 0.0975. The van der Waals surface area contributed by atoms with E-state index in [9.17, 15) is 14.4 Å². The summed E-state index contributed by atoms with van der Waals surface area (Å²) < 4.78 is 6.44. The molecule has 3 rings (SSSR count). The lowest BCUT2D eigenvalue weighted by Crippen LogP contribution is -2.42. The van der Waals surface area contributed by atoms with Crippen LogP contribution in [-0.4, -0.2) is 35.7 Å². The van der Waals surface area contributed by atoms with Crippen molar-refractivity contribution in [3.63, 3.8) is 0 Å². The Morgan fingerprint density at radius 2 is 2.00 bits per heavy atom. The number of aryl methyl sites for hydroxylation is 2. The monoisotopic (exact) mass is 400 g/mol. The predicted octanol–water partition coefficient (Wildman–Crippen LogP) is 1.56. The molecular formula is C21H28N4O4. The summed E-state index contributed by atoms with van der Waals surface area (Å²) in [5.74, 6) is -0.227. The number of anilines is 2. The third-order valence-electron chi connectivity index (χ3n) is 5.14. The number of amides is 1. The normalized spacial score (nSPS) is 13.0. The van der Waals surface area contributed by atoms with E-state index in [4.69, 9.17) is 10.5 Å². The highest BCUT2D eigenvalue weighted by molar-refractivity contribution is 6.07. The van der Waals surface area contributed by atoms with Crippen molar-refractivity contribution in [2.45, 2.75) is 39.7 Å². The summed E-state index contributed by atoms with van der Waals surface area (Å²) in [4.78, 5) is 41.8. The minimum absolute atomic E-state index is 0.0157. The number of ether oxygens (including phenoxy) is 1. The van der Waals surface area contributed by atoms with E-state index < -0.39 is 11.2 Å². The Balaban J connectivity index is 2.08. The molecule has 1 heterocycles. The van der Waals surface area contributed by atoms with Crippen LogP contribution in [0.4, 0.5) is 11.5 Å². The molecule has 3 N–H and O–H groups in total. The first-order valence-electron chi connectivity index (χ1n) is 9.88. The number of aromatic amines is 1. The highest BCUT2D eigenvalue weighted by Crippen LogP contribution is 2.25.